The van der Waals surface area contributed by atoms with Gasteiger partial charge in [-0.15, -0.1) is 0 Å². The Morgan fingerprint density at radius 2 is 2.05 bits per heavy atom. The lowest BCUT2D eigenvalue weighted by molar-refractivity contribution is 0.408. The standard InChI is InChI=1S/C15H25N3O/c1-11(2)9-17-15(16-4)18-10-13-7-6-12(3)8-14(13)19-5/h6-8,11H,9-10H2,1-5H3,(H2,16,17,18). The third-order valence-corrected chi connectivity index (χ3v) is 2.79. The van der Waals surface area contributed by atoms with Crippen LogP contribution in [-0.2, 0) is 6.54 Å². The lowest BCUT2D eigenvalue weighted by Crippen LogP contribution is -2.38. The number of benzene rings is 1. The summed E-state index contributed by atoms with van der Waals surface area (Å²) in [6, 6.07) is 6.21. The van der Waals surface area contributed by atoms with Crippen molar-refractivity contribution < 1.29 is 4.74 Å². The molecule has 0 spiro atoms. The Morgan fingerprint density at radius 1 is 1.32 bits per heavy atom. The summed E-state index contributed by atoms with van der Waals surface area (Å²) in [6.07, 6.45) is 0. The summed E-state index contributed by atoms with van der Waals surface area (Å²) in [4.78, 5) is 4.20. The van der Waals surface area contributed by atoms with Gasteiger partial charge in [-0.05, 0) is 24.5 Å². The molecule has 1 aromatic carbocycles. The van der Waals surface area contributed by atoms with Gasteiger partial charge in [-0.25, -0.2) is 0 Å². The van der Waals surface area contributed by atoms with Crippen molar-refractivity contribution in [1.29, 1.82) is 0 Å². The third-order valence-electron chi connectivity index (χ3n) is 2.79. The molecule has 0 aliphatic rings. The predicted molar refractivity (Wildman–Crippen MR) is 80.8 cm³/mol. The lowest BCUT2D eigenvalue weighted by Gasteiger charge is -2.15. The molecule has 0 amide bonds. The van der Waals surface area contributed by atoms with Gasteiger partial charge in [0, 0.05) is 25.7 Å². The van der Waals surface area contributed by atoms with E-state index in [1.807, 2.05) is 6.07 Å². The first-order valence-electron chi connectivity index (χ1n) is 6.64. The number of aliphatic imine (C=N–C) groups is 1. The maximum absolute atomic E-state index is 5.39. The largest absolute Gasteiger partial charge is 0.496 e. The maximum atomic E-state index is 5.39. The van der Waals surface area contributed by atoms with Crippen molar-refractivity contribution in [3.8, 4) is 5.75 Å². The molecule has 1 rings (SSSR count). The minimum absolute atomic E-state index is 0.590. The predicted octanol–water partition coefficient (Wildman–Crippen LogP) is 2.32. The minimum Gasteiger partial charge on any atom is -0.496 e. The van der Waals surface area contributed by atoms with Crippen LogP contribution in [0.5, 0.6) is 5.75 Å². The number of ether oxygens (including phenoxy) is 1. The highest BCUT2D eigenvalue weighted by Gasteiger charge is 2.04. The van der Waals surface area contributed by atoms with Crippen molar-refractivity contribution in [2.24, 2.45) is 10.9 Å². The van der Waals surface area contributed by atoms with E-state index in [2.05, 4.69) is 48.5 Å². The van der Waals surface area contributed by atoms with Crippen LogP contribution in [0.25, 0.3) is 0 Å². The average Bonchev–Trinajstić information content (AvgIpc) is 2.39. The van der Waals surface area contributed by atoms with Gasteiger partial charge in [-0.3, -0.25) is 4.99 Å². The second kappa shape index (κ2) is 7.67. The molecule has 0 aromatic heterocycles. The van der Waals surface area contributed by atoms with E-state index in [-0.39, 0.29) is 0 Å². The van der Waals surface area contributed by atoms with Crippen LogP contribution in [0.3, 0.4) is 0 Å². The van der Waals surface area contributed by atoms with Crippen LogP contribution in [-0.4, -0.2) is 26.7 Å². The molecule has 0 bridgehead atoms. The normalized spacial score (nSPS) is 11.6. The molecular formula is C15H25N3O. The Hall–Kier alpha value is -1.71. The average molecular weight is 263 g/mol. The van der Waals surface area contributed by atoms with Gasteiger partial charge >= 0.3 is 0 Å². The molecule has 0 radical (unpaired) electrons. The van der Waals surface area contributed by atoms with Gasteiger partial charge in [-0.1, -0.05) is 26.0 Å². The molecule has 1 aromatic rings. The fourth-order valence-corrected chi connectivity index (χ4v) is 1.70. The van der Waals surface area contributed by atoms with E-state index in [1.54, 1.807) is 14.2 Å². The van der Waals surface area contributed by atoms with Crippen molar-refractivity contribution in [3.63, 3.8) is 0 Å². The van der Waals surface area contributed by atoms with Crippen molar-refractivity contribution in [2.45, 2.75) is 27.3 Å². The van der Waals surface area contributed by atoms with E-state index in [0.717, 1.165) is 23.8 Å². The summed E-state index contributed by atoms with van der Waals surface area (Å²) in [7, 11) is 3.48. The molecule has 0 atom stereocenters. The van der Waals surface area contributed by atoms with Crippen LogP contribution in [0.1, 0.15) is 25.0 Å². The molecule has 0 saturated carbocycles. The van der Waals surface area contributed by atoms with Gasteiger partial charge in [0.05, 0.1) is 7.11 Å². The first-order valence-corrected chi connectivity index (χ1v) is 6.64. The van der Waals surface area contributed by atoms with Crippen LogP contribution >= 0.6 is 0 Å². The molecule has 106 valence electrons. The van der Waals surface area contributed by atoms with Gasteiger partial charge in [-0.2, -0.15) is 0 Å². The number of hydrogen-bond donors (Lipinski definition) is 2. The molecule has 0 unspecified atom stereocenters. The molecule has 0 saturated heterocycles. The van der Waals surface area contributed by atoms with Gasteiger partial charge < -0.3 is 15.4 Å². The maximum Gasteiger partial charge on any atom is 0.191 e. The Balaban J connectivity index is 2.60. The van der Waals surface area contributed by atoms with E-state index in [0.29, 0.717) is 12.5 Å². The Labute approximate surface area is 116 Å². The quantitative estimate of drug-likeness (QED) is 0.633. The number of guanidine groups is 1. The van der Waals surface area contributed by atoms with Crippen molar-refractivity contribution in [3.05, 3.63) is 29.3 Å². The number of methoxy groups -OCH3 is 1. The summed E-state index contributed by atoms with van der Waals surface area (Å²) in [5.74, 6) is 2.32. The fraction of sp³-hybridized carbons (Fsp3) is 0.533. The topological polar surface area (TPSA) is 45.7 Å². The number of hydrogen-bond acceptors (Lipinski definition) is 2. The zero-order chi connectivity index (χ0) is 14.3. The van der Waals surface area contributed by atoms with E-state index in [1.165, 1.54) is 5.56 Å². The van der Waals surface area contributed by atoms with Crippen LogP contribution in [0.15, 0.2) is 23.2 Å². The molecule has 0 fully saturated rings. The molecule has 0 heterocycles. The van der Waals surface area contributed by atoms with E-state index >= 15 is 0 Å². The second-order valence-electron chi connectivity index (χ2n) is 5.02. The summed E-state index contributed by atoms with van der Waals surface area (Å²) >= 11 is 0. The van der Waals surface area contributed by atoms with E-state index in [4.69, 9.17) is 4.74 Å². The second-order valence-corrected chi connectivity index (χ2v) is 5.02. The zero-order valence-corrected chi connectivity index (χ0v) is 12.6. The third kappa shape index (κ3) is 5.20. The van der Waals surface area contributed by atoms with Crippen LogP contribution < -0.4 is 15.4 Å². The van der Waals surface area contributed by atoms with Crippen molar-refractivity contribution in [2.75, 3.05) is 20.7 Å². The Bertz CT molecular complexity index is 427. The van der Waals surface area contributed by atoms with Crippen LogP contribution in [0, 0.1) is 12.8 Å². The monoisotopic (exact) mass is 263 g/mol. The van der Waals surface area contributed by atoms with Crippen LogP contribution in [0.4, 0.5) is 0 Å². The van der Waals surface area contributed by atoms with E-state index in [9.17, 15) is 0 Å². The van der Waals surface area contributed by atoms with Gasteiger partial charge in [0.15, 0.2) is 5.96 Å². The summed E-state index contributed by atoms with van der Waals surface area (Å²) in [6.45, 7) is 8.00. The number of nitrogens with zero attached hydrogens (tertiary/aromatic N) is 1. The van der Waals surface area contributed by atoms with E-state index < -0.39 is 0 Å². The van der Waals surface area contributed by atoms with Crippen LogP contribution in [0.2, 0.25) is 0 Å². The molecule has 19 heavy (non-hydrogen) atoms. The SMILES string of the molecule is CN=C(NCc1ccc(C)cc1OC)NCC(C)C. The molecule has 0 aliphatic heterocycles. The first-order chi connectivity index (χ1) is 9.06. The Morgan fingerprint density at radius 3 is 2.63 bits per heavy atom. The first kappa shape index (κ1) is 15.3. The minimum atomic E-state index is 0.590. The van der Waals surface area contributed by atoms with Gasteiger partial charge in [0.25, 0.3) is 0 Å². The number of nitrogens with one attached hydrogen (secondary N) is 2. The summed E-state index contributed by atoms with van der Waals surface area (Å²) in [5, 5.41) is 6.58. The molecule has 2 N–H and O–H groups in total. The van der Waals surface area contributed by atoms with Gasteiger partial charge in [0.2, 0.25) is 0 Å². The summed E-state index contributed by atoms with van der Waals surface area (Å²) in [5.41, 5.74) is 2.32. The molecule has 4 heteroatoms. The van der Waals surface area contributed by atoms with Crippen molar-refractivity contribution >= 4 is 5.96 Å². The number of rotatable bonds is 5. The molecule has 0 aliphatic carbocycles. The smallest absolute Gasteiger partial charge is 0.191 e. The highest BCUT2D eigenvalue weighted by Crippen LogP contribution is 2.19. The molecular weight excluding hydrogens is 238 g/mol. The fourth-order valence-electron chi connectivity index (χ4n) is 1.70. The zero-order valence-electron chi connectivity index (χ0n) is 12.6. The number of aryl methyl sites for hydroxylation is 1. The Kier molecular flexibility index (Phi) is 6.19. The van der Waals surface area contributed by atoms with Crippen molar-refractivity contribution in [1.82, 2.24) is 10.6 Å². The highest BCUT2D eigenvalue weighted by molar-refractivity contribution is 5.79. The lowest BCUT2D eigenvalue weighted by atomic mass is 10.1. The summed E-state index contributed by atoms with van der Waals surface area (Å²) < 4.78 is 5.39. The molecule has 4 nitrogen and oxygen atoms in total. The highest BCUT2D eigenvalue weighted by atomic mass is 16.5. The van der Waals surface area contributed by atoms with Gasteiger partial charge in [0.1, 0.15) is 5.75 Å².